The van der Waals surface area contributed by atoms with Crippen LogP contribution in [0.2, 0.25) is 5.02 Å². The fourth-order valence-corrected chi connectivity index (χ4v) is 3.32. The Labute approximate surface area is 166 Å². The maximum Gasteiger partial charge on any atom is 0.175 e. The van der Waals surface area contributed by atoms with Crippen molar-refractivity contribution in [3.63, 3.8) is 0 Å². The number of nitrogens with one attached hydrogen (secondary N) is 1. The summed E-state index contributed by atoms with van der Waals surface area (Å²) >= 11 is 9.77. The van der Waals surface area contributed by atoms with Crippen molar-refractivity contribution >= 4 is 27.5 Å². The van der Waals surface area contributed by atoms with Gasteiger partial charge in [0, 0.05) is 17.1 Å². The fourth-order valence-electron chi connectivity index (χ4n) is 2.52. The third-order valence-corrected chi connectivity index (χ3v) is 4.79. The second-order valence-electron chi connectivity index (χ2n) is 5.67. The minimum Gasteiger partial charge on any atom is -0.493 e. The van der Waals surface area contributed by atoms with E-state index in [4.69, 9.17) is 25.5 Å². The summed E-state index contributed by atoms with van der Waals surface area (Å²) < 4.78 is 17.6. The van der Waals surface area contributed by atoms with E-state index in [-0.39, 0.29) is 0 Å². The van der Waals surface area contributed by atoms with E-state index in [9.17, 15) is 0 Å². The first-order valence-electron chi connectivity index (χ1n) is 8.13. The smallest absolute Gasteiger partial charge is 0.175 e. The molecule has 0 atom stereocenters. The van der Waals surface area contributed by atoms with Crippen molar-refractivity contribution in [2.24, 2.45) is 0 Å². The van der Waals surface area contributed by atoms with Gasteiger partial charge in [0.1, 0.15) is 12.4 Å². The number of hydrogen-bond acceptors (Lipinski definition) is 4. The molecule has 0 saturated carbocycles. The van der Waals surface area contributed by atoms with Crippen LogP contribution >= 0.6 is 27.5 Å². The molecule has 0 radical (unpaired) electrons. The molecule has 0 amide bonds. The first-order valence-corrected chi connectivity index (χ1v) is 9.30. The zero-order valence-electron chi connectivity index (χ0n) is 14.3. The van der Waals surface area contributed by atoms with Gasteiger partial charge in [0.25, 0.3) is 0 Å². The normalized spacial score (nSPS) is 10.7. The van der Waals surface area contributed by atoms with Crippen LogP contribution in [0.25, 0.3) is 0 Å². The standard InChI is InChI=1S/C20H19BrClNO3/c1-24-19-10-14(11-23-12-16-6-4-8-25-16)9-17(21)20(19)26-13-15-5-2-3-7-18(15)22/h2-10,23H,11-13H2,1H3. The summed E-state index contributed by atoms with van der Waals surface area (Å²) in [6, 6.07) is 15.4. The summed E-state index contributed by atoms with van der Waals surface area (Å²) in [4.78, 5) is 0. The van der Waals surface area contributed by atoms with Gasteiger partial charge < -0.3 is 19.2 Å². The van der Waals surface area contributed by atoms with E-state index in [1.165, 1.54) is 0 Å². The molecule has 0 fully saturated rings. The zero-order valence-corrected chi connectivity index (χ0v) is 16.6. The molecule has 0 aliphatic heterocycles. The lowest BCUT2D eigenvalue weighted by Gasteiger charge is -2.15. The SMILES string of the molecule is COc1cc(CNCc2ccco2)cc(Br)c1OCc1ccccc1Cl. The molecule has 0 unspecified atom stereocenters. The van der Waals surface area contributed by atoms with Gasteiger partial charge in [0.2, 0.25) is 0 Å². The molecule has 4 nitrogen and oxygen atoms in total. The quantitative estimate of drug-likeness (QED) is 0.501. The summed E-state index contributed by atoms with van der Waals surface area (Å²) in [5.41, 5.74) is 2.00. The van der Waals surface area contributed by atoms with E-state index in [2.05, 4.69) is 21.2 Å². The van der Waals surface area contributed by atoms with E-state index in [1.807, 2.05) is 48.5 Å². The average molecular weight is 437 g/mol. The van der Waals surface area contributed by atoms with Gasteiger partial charge in [-0.1, -0.05) is 29.8 Å². The molecule has 3 aromatic rings. The molecule has 0 aliphatic rings. The number of benzene rings is 2. The van der Waals surface area contributed by atoms with Crippen molar-refractivity contribution in [2.75, 3.05) is 7.11 Å². The van der Waals surface area contributed by atoms with Crippen molar-refractivity contribution in [3.8, 4) is 11.5 Å². The molecule has 2 aromatic carbocycles. The number of halogens is 2. The van der Waals surface area contributed by atoms with Gasteiger partial charge in [-0.2, -0.15) is 0 Å². The van der Waals surface area contributed by atoms with Gasteiger partial charge in [-0.25, -0.2) is 0 Å². The molecule has 1 heterocycles. The van der Waals surface area contributed by atoms with Crippen LogP contribution in [0.4, 0.5) is 0 Å². The maximum atomic E-state index is 6.19. The monoisotopic (exact) mass is 435 g/mol. The Bertz CT molecular complexity index is 852. The maximum absolute atomic E-state index is 6.19. The minimum atomic E-state index is 0.366. The van der Waals surface area contributed by atoms with Crippen molar-refractivity contribution in [2.45, 2.75) is 19.7 Å². The molecule has 1 aromatic heterocycles. The van der Waals surface area contributed by atoms with Crippen LogP contribution in [0.5, 0.6) is 11.5 Å². The first-order chi connectivity index (χ1) is 12.7. The first kappa shape index (κ1) is 18.8. The molecule has 0 spiro atoms. The van der Waals surface area contributed by atoms with Crippen molar-refractivity contribution in [1.29, 1.82) is 0 Å². The van der Waals surface area contributed by atoms with Crippen LogP contribution < -0.4 is 14.8 Å². The Morgan fingerprint density at radius 3 is 2.69 bits per heavy atom. The summed E-state index contributed by atoms with van der Waals surface area (Å²) in [5.74, 6) is 2.22. The predicted octanol–water partition coefficient (Wildman–Crippen LogP) is 5.57. The number of furan rings is 1. The number of rotatable bonds is 8. The summed E-state index contributed by atoms with van der Waals surface area (Å²) in [5, 5.41) is 4.02. The predicted molar refractivity (Wildman–Crippen MR) is 106 cm³/mol. The number of hydrogen-bond donors (Lipinski definition) is 1. The second-order valence-corrected chi connectivity index (χ2v) is 6.93. The van der Waals surface area contributed by atoms with Crippen LogP contribution in [0.15, 0.2) is 63.7 Å². The third kappa shape index (κ3) is 4.81. The summed E-state index contributed by atoms with van der Waals surface area (Å²) in [6.45, 7) is 1.71. The Morgan fingerprint density at radius 2 is 1.96 bits per heavy atom. The van der Waals surface area contributed by atoms with Crippen LogP contribution in [-0.2, 0) is 19.7 Å². The van der Waals surface area contributed by atoms with E-state index in [0.29, 0.717) is 36.2 Å². The van der Waals surface area contributed by atoms with Gasteiger partial charge in [0.05, 0.1) is 24.4 Å². The Kier molecular flexibility index (Phi) is 6.61. The number of ether oxygens (including phenoxy) is 2. The summed E-state index contributed by atoms with van der Waals surface area (Å²) in [6.07, 6.45) is 1.67. The molecular weight excluding hydrogens is 418 g/mol. The van der Waals surface area contributed by atoms with Crippen LogP contribution in [0.1, 0.15) is 16.9 Å². The van der Waals surface area contributed by atoms with Gasteiger partial charge in [-0.05, 0) is 51.8 Å². The van der Waals surface area contributed by atoms with Gasteiger partial charge >= 0.3 is 0 Å². The zero-order chi connectivity index (χ0) is 18.4. The van der Waals surface area contributed by atoms with Crippen LogP contribution in [-0.4, -0.2) is 7.11 Å². The molecule has 6 heteroatoms. The Morgan fingerprint density at radius 1 is 1.12 bits per heavy atom. The highest BCUT2D eigenvalue weighted by atomic mass is 79.9. The molecule has 26 heavy (non-hydrogen) atoms. The highest BCUT2D eigenvalue weighted by Gasteiger charge is 2.13. The lowest BCUT2D eigenvalue weighted by molar-refractivity contribution is 0.282. The molecule has 136 valence electrons. The summed E-state index contributed by atoms with van der Waals surface area (Å²) in [7, 11) is 1.63. The van der Waals surface area contributed by atoms with Gasteiger partial charge in [0.15, 0.2) is 11.5 Å². The lowest BCUT2D eigenvalue weighted by Crippen LogP contribution is -2.12. The lowest BCUT2D eigenvalue weighted by atomic mass is 10.2. The second kappa shape index (κ2) is 9.12. The average Bonchev–Trinajstić information content (AvgIpc) is 3.15. The Hall–Kier alpha value is -1.95. The van der Waals surface area contributed by atoms with E-state index < -0.39 is 0 Å². The van der Waals surface area contributed by atoms with E-state index in [0.717, 1.165) is 21.4 Å². The minimum absolute atomic E-state index is 0.366. The van der Waals surface area contributed by atoms with Gasteiger partial charge in [-0.15, -0.1) is 0 Å². The molecule has 1 N–H and O–H groups in total. The van der Waals surface area contributed by atoms with E-state index in [1.54, 1.807) is 13.4 Å². The van der Waals surface area contributed by atoms with Crippen LogP contribution in [0, 0.1) is 0 Å². The molecule has 0 bridgehead atoms. The third-order valence-electron chi connectivity index (χ3n) is 3.83. The highest BCUT2D eigenvalue weighted by Crippen LogP contribution is 2.37. The Balaban J connectivity index is 1.67. The van der Waals surface area contributed by atoms with Crippen LogP contribution in [0.3, 0.4) is 0 Å². The molecular formula is C20H19BrClNO3. The van der Waals surface area contributed by atoms with Crippen molar-refractivity contribution < 1.29 is 13.9 Å². The van der Waals surface area contributed by atoms with Crippen molar-refractivity contribution in [3.05, 3.63) is 81.2 Å². The highest BCUT2D eigenvalue weighted by molar-refractivity contribution is 9.10. The fraction of sp³-hybridized carbons (Fsp3) is 0.200. The van der Waals surface area contributed by atoms with Crippen molar-refractivity contribution in [1.82, 2.24) is 5.32 Å². The molecule has 0 saturated heterocycles. The van der Waals surface area contributed by atoms with Gasteiger partial charge in [-0.3, -0.25) is 0 Å². The topological polar surface area (TPSA) is 43.6 Å². The number of methoxy groups -OCH3 is 1. The molecule has 3 rings (SSSR count). The van der Waals surface area contributed by atoms with E-state index >= 15 is 0 Å². The molecule has 0 aliphatic carbocycles. The largest absolute Gasteiger partial charge is 0.493 e.